The average Bonchev–Trinajstić information content (AvgIpc) is 3.17. The summed E-state index contributed by atoms with van der Waals surface area (Å²) >= 11 is 7.44. The minimum Gasteiger partial charge on any atom is -0.495 e. The molecule has 0 spiro atoms. The Balaban J connectivity index is 1.57. The number of benzene rings is 2. The van der Waals surface area contributed by atoms with Gasteiger partial charge in [0.25, 0.3) is 0 Å². The fraction of sp³-hybridized carbons (Fsp3) is 0.200. The van der Waals surface area contributed by atoms with Gasteiger partial charge in [0, 0.05) is 12.1 Å². The maximum Gasteiger partial charge on any atom is 0.234 e. The number of rotatable bonds is 6. The van der Waals surface area contributed by atoms with Gasteiger partial charge in [-0.25, -0.2) is 4.98 Å². The normalized spacial score (nSPS) is 11.1. The number of amides is 1. The number of halogens is 1. The van der Waals surface area contributed by atoms with Crippen LogP contribution < -0.4 is 10.1 Å². The average molecular weight is 428 g/mol. The van der Waals surface area contributed by atoms with E-state index >= 15 is 0 Å². The highest BCUT2D eigenvalue weighted by atomic mass is 35.5. The third-order valence-corrected chi connectivity index (χ3v) is 5.61. The van der Waals surface area contributed by atoms with E-state index in [1.165, 1.54) is 11.8 Å². The van der Waals surface area contributed by atoms with E-state index in [1.54, 1.807) is 25.3 Å². The first-order valence-electron chi connectivity index (χ1n) is 8.99. The minimum atomic E-state index is -0.167. The van der Waals surface area contributed by atoms with Crippen LogP contribution >= 0.6 is 23.4 Å². The van der Waals surface area contributed by atoms with Crippen molar-refractivity contribution >= 4 is 51.6 Å². The summed E-state index contributed by atoms with van der Waals surface area (Å²) in [6.07, 6.45) is 0.748. The van der Waals surface area contributed by atoms with E-state index in [4.69, 9.17) is 16.3 Å². The Kier molecular flexibility index (Phi) is 5.55. The summed E-state index contributed by atoms with van der Waals surface area (Å²) in [5, 5.41) is 12.5. The largest absolute Gasteiger partial charge is 0.495 e. The molecule has 2 aromatic carbocycles. The molecule has 9 heteroatoms. The third-order valence-electron chi connectivity index (χ3n) is 4.36. The number of carbonyl (C=O) groups excluding carboxylic acids is 1. The van der Waals surface area contributed by atoms with Crippen LogP contribution in [0.2, 0.25) is 5.02 Å². The molecule has 29 heavy (non-hydrogen) atoms. The second-order valence-corrected chi connectivity index (χ2v) is 7.59. The Morgan fingerprint density at radius 1 is 1.24 bits per heavy atom. The summed E-state index contributed by atoms with van der Waals surface area (Å²) < 4.78 is 7.13. The van der Waals surface area contributed by atoms with Crippen LogP contribution in [0.3, 0.4) is 0 Å². The second kappa shape index (κ2) is 8.26. The molecule has 0 aliphatic heterocycles. The summed E-state index contributed by atoms with van der Waals surface area (Å²) in [4.78, 5) is 17.1. The predicted molar refractivity (Wildman–Crippen MR) is 115 cm³/mol. The number of carbonyl (C=O) groups is 1. The van der Waals surface area contributed by atoms with Crippen molar-refractivity contribution < 1.29 is 9.53 Å². The Morgan fingerprint density at radius 3 is 2.83 bits per heavy atom. The van der Waals surface area contributed by atoms with Crippen molar-refractivity contribution in [1.29, 1.82) is 0 Å². The fourth-order valence-electron chi connectivity index (χ4n) is 3.02. The molecular formula is C20H18ClN5O2S. The Morgan fingerprint density at radius 2 is 2.07 bits per heavy atom. The first-order valence-corrected chi connectivity index (χ1v) is 10.4. The van der Waals surface area contributed by atoms with E-state index in [0.717, 1.165) is 23.3 Å². The van der Waals surface area contributed by atoms with Gasteiger partial charge in [0.1, 0.15) is 16.6 Å². The molecule has 7 nitrogen and oxygen atoms in total. The van der Waals surface area contributed by atoms with Crippen molar-refractivity contribution in [2.24, 2.45) is 0 Å². The lowest BCUT2D eigenvalue weighted by atomic mass is 10.3. The van der Waals surface area contributed by atoms with Gasteiger partial charge in [-0.05, 0) is 30.3 Å². The van der Waals surface area contributed by atoms with Crippen molar-refractivity contribution in [3.63, 3.8) is 0 Å². The van der Waals surface area contributed by atoms with Crippen LogP contribution in [0.1, 0.15) is 12.7 Å². The van der Waals surface area contributed by atoms with Crippen LogP contribution in [0, 0.1) is 0 Å². The zero-order chi connectivity index (χ0) is 20.4. The van der Waals surface area contributed by atoms with E-state index in [1.807, 2.05) is 35.6 Å². The number of fused-ring (bicyclic) bond motifs is 3. The molecule has 1 amide bonds. The van der Waals surface area contributed by atoms with E-state index < -0.39 is 0 Å². The number of hydrogen-bond acceptors (Lipinski definition) is 6. The highest BCUT2D eigenvalue weighted by Gasteiger charge is 2.16. The van der Waals surface area contributed by atoms with E-state index in [-0.39, 0.29) is 11.7 Å². The van der Waals surface area contributed by atoms with Gasteiger partial charge < -0.3 is 10.1 Å². The van der Waals surface area contributed by atoms with E-state index in [0.29, 0.717) is 27.1 Å². The summed E-state index contributed by atoms with van der Waals surface area (Å²) in [6.45, 7) is 2.03. The molecule has 4 aromatic rings. The third kappa shape index (κ3) is 3.86. The number of aryl methyl sites for hydroxylation is 1. The zero-order valence-corrected chi connectivity index (χ0v) is 17.4. The first-order chi connectivity index (χ1) is 14.1. The molecule has 2 heterocycles. The number of para-hydroxylation sites is 2. The second-order valence-electron chi connectivity index (χ2n) is 6.22. The van der Waals surface area contributed by atoms with Gasteiger partial charge in [0.05, 0.1) is 28.9 Å². The lowest BCUT2D eigenvalue weighted by molar-refractivity contribution is -0.113. The lowest BCUT2D eigenvalue weighted by Crippen LogP contribution is -2.14. The smallest absolute Gasteiger partial charge is 0.234 e. The highest BCUT2D eigenvalue weighted by Crippen LogP contribution is 2.28. The van der Waals surface area contributed by atoms with Crippen molar-refractivity contribution in [2.45, 2.75) is 18.4 Å². The molecule has 0 aliphatic rings. The van der Waals surface area contributed by atoms with Gasteiger partial charge in [0.2, 0.25) is 5.91 Å². The molecule has 2 aromatic heterocycles. The number of nitrogens with one attached hydrogen (secondary N) is 1. The van der Waals surface area contributed by atoms with Gasteiger partial charge in [-0.3, -0.25) is 9.20 Å². The van der Waals surface area contributed by atoms with Crippen LogP contribution in [0.15, 0.2) is 47.5 Å². The SMILES string of the molecule is CCc1nnc2c(SCC(=O)Nc3ccc(OC)c(Cl)c3)nc3ccccc3n12. The Hall–Kier alpha value is -2.84. The number of anilines is 1. The number of thioether (sulfide) groups is 1. The summed E-state index contributed by atoms with van der Waals surface area (Å²) in [5.41, 5.74) is 3.05. The fourth-order valence-corrected chi connectivity index (χ4v) is 4.04. The van der Waals surface area contributed by atoms with E-state index in [9.17, 15) is 4.79 Å². The summed E-state index contributed by atoms with van der Waals surface area (Å²) in [5.74, 6) is 1.43. The number of methoxy groups -OCH3 is 1. The molecule has 0 unspecified atom stereocenters. The Labute approximate surface area is 176 Å². The van der Waals surface area contributed by atoms with Gasteiger partial charge >= 0.3 is 0 Å². The quantitative estimate of drug-likeness (QED) is 0.464. The van der Waals surface area contributed by atoms with Crippen molar-refractivity contribution in [2.75, 3.05) is 18.2 Å². The number of ether oxygens (including phenoxy) is 1. The molecular weight excluding hydrogens is 410 g/mol. The minimum absolute atomic E-state index is 0.167. The monoisotopic (exact) mass is 427 g/mol. The topological polar surface area (TPSA) is 81.4 Å². The summed E-state index contributed by atoms with van der Waals surface area (Å²) in [7, 11) is 1.54. The molecule has 148 valence electrons. The van der Waals surface area contributed by atoms with Gasteiger partial charge in [0.15, 0.2) is 5.65 Å². The molecule has 0 aliphatic carbocycles. The maximum atomic E-state index is 12.4. The molecule has 1 N–H and O–H groups in total. The number of hydrogen-bond donors (Lipinski definition) is 1. The predicted octanol–water partition coefficient (Wildman–Crippen LogP) is 4.23. The number of nitrogens with zero attached hydrogens (tertiary/aromatic N) is 4. The zero-order valence-electron chi connectivity index (χ0n) is 15.8. The van der Waals surface area contributed by atoms with Crippen LogP contribution in [-0.4, -0.2) is 38.4 Å². The van der Waals surface area contributed by atoms with Gasteiger partial charge in [-0.1, -0.05) is 42.4 Å². The first kappa shape index (κ1) is 19.5. The van der Waals surface area contributed by atoms with Crippen LogP contribution in [0.25, 0.3) is 16.7 Å². The molecule has 0 saturated heterocycles. The molecule has 0 fully saturated rings. The number of aromatic nitrogens is 4. The highest BCUT2D eigenvalue weighted by molar-refractivity contribution is 8.00. The van der Waals surface area contributed by atoms with E-state index in [2.05, 4.69) is 20.5 Å². The maximum absolute atomic E-state index is 12.4. The van der Waals surface area contributed by atoms with Crippen LogP contribution in [-0.2, 0) is 11.2 Å². The van der Waals surface area contributed by atoms with Crippen LogP contribution in [0.4, 0.5) is 5.69 Å². The van der Waals surface area contributed by atoms with Crippen molar-refractivity contribution in [1.82, 2.24) is 19.6 Å². The van der Waals surface area contributed by atoms with Crippen molar-refractivity contribution in [3.8, 4) is 5.75 Å². The molecule has 0 radical (unpaired) electrons. The molecule has 0 atom stereocenters. The van der Waals surface area contributed by atoms with Gasteiger partial charge in [-0.15, -0.1) is 10.2 Å². The molecule has 0 saturated carbocycles. The van der Waals surface area contributed by atoms with Crippen molar-refractivity contribution in [3.05, 3.63) is 53.3 Å². The molecule has 4 rings (SSSR count). The Bertz CT molecular complexity index is 1210. The molecule has 0 bridgehead atoms. The van der Waals surface area contributed by atoms with Gasteiger partial charge in [-0.2, -0.15) is 0 Å². The summed E-state index contributed by atoms with van der Waals surface area (Å²) in [6, 6.07) is 12.9. The standard InChI is InChI=1S/C20H18ClN5O2S/c1-3-17-24-25-19-20(23-14-6-4-5-7-15(14)26(17)19)29-11-18(27)22-12-8-9-16(28-2)13(21)10-12/h4-10H,3,11H2,1-2H3,(H,22,27). The lowest BCUT2D eigenvalue weighted by Gasteiger charge is -2.09. The van der Waals surface area contributed by atoms with Crippen LogP contribution in [0.5, 0.6) is 5.75 Å².